The summed E-state index contributed by atoms with van der Waals surface area (Å²) in [6, 6.07) is 21.6. The second-order valence-electron chi connectivity index (χ2n) is 8.42. The van der Waals surface area contributed by atoms with Crippen molar-refractivity contribution in [3.63, 3.8) is 0 Å². The van der Waals surface area contributed by atoms with Gasteiger partial charge in [0.05, 0.1) is 16.4 Å². The van der Waals surface area contributed by atoms with Crippen LogP contribution in [0, 0.1) is 17.0 Å². The molecule has 0 saturated carbocycles. The molecule has 180 valence electrons. The summed E-state index contributed by atoms with van der Waals surface area (Å²) in [5.41, 5.74) is 4.39. The third-order valence-corrected chi connectivity index (χ3v) is 7.30. The number of amides is 2. The highest BCUT2D eigenvalue weighted by Crippen LogP contribution is 2.36. The van der Waals surface area contributed by atoms with E-state index in [9.17, 15) is 19.7 Å². The molecule has 0 aliphatic carbocycles. The normalized spacial score (nSPS) is 14.8. The SMILES string of the molecule is Cc1c(/C=C2/SC(=O)N(Cc3cccc([N+](=O)[O-])c3)C2=O)c2ccccc2n1Cc1ccc(Cl)cc1. The lowest BCUT2D eigenvalue weighted by molar-refractivity contribution is -0.384. The van der Waals surface area contributed by atoms with Crippen molar-refractivity contribution in [2.75, 3.05) is 0 Å². The maximum Gasteiger partial charge on any atom is 0.293 e. The van der Waals surface area contributed by atoms with Gasteiger partial charge >= 0.3 is 0 Å². The van der Waals surface area contributed by atoms with Crippen LogP contribution in [0.4, 0.5) is 10.5 Å². The highest BCUT2D eigenvalue weighted by Gasteiger charge is 2.35. The van der Waals surface area contributed by atoms with Gasteiger partial charge in [-0.25, -0.2) is 0 Å². The zero-order chi connectivity index (χ0) is 25.4. The summed E-state index contributed by atoms with van der Waals surface area (Å²) in [4.78, 5) is 37.9. The monoisotopic (exact) mass is 517 g/mol. The molecule has 5 rings (SSSR count). The minimum atomic E-state index is -0.500. The number of hydrogen-bond donors (Lipinski definition) is 0. The topological polar surface area (TPSA) is 85.5 Å². The number of para-hydroxylation sites is 1. The van der Waals surface area contributed by atoms with E-state index in [1.54, 1.807) is 18.2 Å². The fourth-order valence-electron chi connectivity index (χ4n) is 4.33. The molecule has 0 radical (unpaired) electrons. The van der Waals surface area contributed by atoms with E-state index < -0.39 is 16.1 Å². The molecule has 2 amide bonds. The standard InChI is InChI=1S/C27H20ClN3O4S/c1-17-23(22-7-2-3-8-24(22)29(17)15-18-9-11-20(28)12-10-18)14-25-26(32)30(27(33)36-25)16-19-5-4-6-21(13-19)31(34)35/h2-14H,15-16H2,1H3/b25-14+. The summed E-state index contributed by atoms with van der Waals surface area (Å²) in [7, 11) is 0. The average Bonchev–Trinajstić information content (AvgIpc) is 3.28. The third kappa shape index (κ3) is 4.53. The number of nitro benzene ring substituents is 1. The number of halogens is 1. The summed E-state index contributed by atoms with van der Waals surface area (Å²) in [5.74, 6) is -0.412. The Labute approximate surface area is 216 Å². The maximum absolute atomic E-state index is 13.2. The summed E-state index contributed by atoms with van der Waals surface area (Å²) in [6.07, 6.45) is 1.77. The molecular weight excluding hydrogens is 498 g/mol. The molecule has 4 aromatic rings. The van der Waals surface area contributed by atoms with Crippen molar-refractivity contribution >= 4 is 57.2 Å². The number of nitro groups is 1. The van der Waals surface area contributed by atoms with Gasteiger partial charge in [0, 0.05) is 45.9 Å². The van der Waals surface area contributed by atoms with Gasteiger partial charge in [-0.05, 0) is 54.1 Å². The van der Waals surface area contributed by atoms with Crippen LogP contribution in [0.3, 0.4) is 0 Å². The molecule has 1 fully saturated rings. The highest BCUT2D eigenvalue weighted by atomic mass is 35.5. The van der Waals surface area contributed by atoms with E-state index in [-0.39, 0.29) is 12.2 Å². The van der Waals surface area contributed by atoms with Crippen LogP contribution in [-0.4, -0.2) is 25.5 Å². The van der Waals surface area contributed by atoms with E-state index in [0.29, 0.717) is 22.0 Å². The lowest BCUT2D eigenvalue weighted by Gasteiger charge is -2.12. The largest absolute Gasteiger partial charge is 0.340 e. The molecule has 3 aromatic carbocycles. The van der Waals surface area contributed by atoms with Crippen molar-refractivity contribution in [3.8, 4) is 0 Å². The minimum absolute atomic E-state index is 0.0268. The number of benzene rings is 3. The number of rotatable bonds is 6. The zero-order valence-corrected chi connectivity index (χ0v) is 20.8. The molecule has 0 spiro atoms. The van der Waals surface area contributed by atoms with Gasteiger partial charge < -0.3 is 4.57 Å². The lowest BCUT2D eigenvalue weighted by Crippen LogP contribution is -2.27. The molecule has 1 aliphatic rings. The van der Waals surface area contributed by atoms with Crippen molar-refractivity contribution in [2.45, 2.75) is 20.0 Å². The van der Waals surface area contributed by atoms with Crippen LogP contribution in [0.2, 0.25) is 5.02 Å². The molecule has 2 heterocycles. The van der Waals surface area contributed by atoms with E-state index in [4.69, 9.17) is 11.6 Å². The Morgan fingerprint density at radius 1 is 0.972 bits per heavy atom. The number of imide groups is 1. The molecule has 0 N–H and O–H groups in total. The molecule has 1 aliphatic heterocycles. The van der Waals surface area contributed by atoms with Gasteiger partial charge in [-0.3, -0.25) is 24.6 Å². The quantitative estimate of drug-likeness (QED) is 0.159. The van der Waals surface area contributed by atoms with Crippen LogP contribution >= 0.6 is 23.4 Å². The Kier molecular flexibility index (Phi) is 6.38. The van der Waals surface area contributed by atoms with Crippen molar-refractivity contribution in [1.82, 2.24) is 9.47 Å². The van der Waals surface area contributed by atoms with Gasteiger partial charge in [-0.2, -0.15) is 0 Å². The van der Waals surface area contributed by atoms with Gasteiger partial charge in [0.25, 0.3) is 16.8 Å². The van der Waals surface area contributed by atoms with Gasteiger partial charge in [-0.15, -0.1) is 0 Å². The molecule has 0 bridgehead atoms. The Morgan fingerprint density at radius 3 is 2.47 bits per heavy atom. The number of aromatic nitrogens is 1. The zero-order valence-electron chi connectivity index (χ0n) is 19.2. The summed E-state index contributed by atoms with van der Waals surface area (Å²) in [5, 5.41) is 12.3. The predicted molar refractivity (Wildman–Crippen MR) is 142 cm³/mol. The first kappa shape index (κ1) is 23.8. The lowest BCUT2D eigenvalue weighted by atomic mass is 10.1. The summed E-state index contributed by atoms with van der Waals surface area (Å²) in [6.45, 7) is 2.60. The van der Waals surface area contributed by atoms with Gasteiger partial charge in [0.15, 0.2) is 0 Å². The third-order valence-electron chi connectivity index (χ3n) is 6.14. The molecule has 0 atom stereocenters. The van der Waals surface area contributed by atoms with Crippen LogP contribution in [0.15, 0.2) is 77.7 Å². The van der Waals surface area contributed by atoms with E-state index >= 15 is 0 Å². The second-order valence-corrected chi connectivity index (χ2v) is 9.85. The Bertz CT molecular complexity index is 1560. The van der Waals surface area contributed by atoms with Crippen LogP contribution in [0.25, 0.3) is 17.0 Å². The average molecular weight is 518 g/mol. The fourth-order valence-corrected chi connectivity index (χ4v) is 5.28. The number of thioether (sulfide) groups is 1. The van der Waals surface area contributed by atoms with Gasteiger partial charge in [-0.1, -0.05) is 54.1 Å². The molecule has 0 unspecified atom stereocenters. The van der Waals surface area contributed by atoms with Crippen LogP contribution in [-0.2, 0) is 17.9 Å². The molecule has 36 heavy (non-hydrogen) atoms. The van der Waals surface area contributed by atoms with Crippen LogP contribution in [0.5, 0.6) is 0 Å². The highest BCUT2D eigenvalue weighted by molar-refractivity contribution is 8.18. The Balaban J connectivity index is 1.48. The number of fused-ring (bicyclic) bond motifs is 1. The second kappa shape index (κ2) is 9.64. The Morgan fingerprint density at radius 2 is 1.72 bits per heavy atom. The number of carbonyl (C=O) groups excluding carboxylic acids is 2. The fraction of sp³-hybridized carbons (Fsp3) is 0.111. The van der Waals surface area contributed by atoms with Gasteiger partial charge in [0.2, 0.25) is 0 Å². The van der Waals surface area contributed by atoms with Crippen molar-refractivity contribution in [3.05, 3.63) is 115 Å². The summed E-state index contributed by atoms with van der Waals surface area (Å²) < 4.78 is 2.18. The first-order valence-electron chi connectivity index (χ1n) is 11.1. The summed E-state index contributed by atoms with van der Waals surface area (Å²) >= 11 is 6.92. The van der Waals surface area contributed by atoms with E-state index in [1.807, 2.05) is 55.5 Å². The minimum Gasteiger partial charge on any atom is -0.340 e. The molecular formula is C27H20ClN3O4S. The van der Waals surface area contributed by atoms with Crippen LogP contribution in [0.1, 0.15) is 22.4 Å². The molecule has 9 heteroatoms. The first-order chi connectivity index (χ1) is 17.3. The van der Waals surface area contributed by atoms with E-state index in [0.717, 1.165) is 44.4 Å². The molecule has 1 aromatic heterocycles. The van der Waals surface area contributed by atoms with E-state index in [2.05, 4.69) is 4.57 Å². The smallest absolute Gasteiger partial charge is 0.293 e. The maximum atomic E-state index is 13.2. The number of non-ortho nitro benzene ring substituents is 1. The van der Waals surface area contributed by atoms with Crippen LogP contribution < -0.4 is 0 Å². The number of carbonyl (C=O) groups is 2. The molecule has 7 nitrogen and oxygen atoms in total. The van der Waals surface area contributed by atoms with Crippen molar-refractivity contribution in [1.29, 1.82) is 0 Å². The van der Waals surface area contributed by atoms with E-state index in [1.165, 1.54) is 12.1 Å². The van der Waals surface area contributed by atoms with Gasteiger partial charge in [0.1, 0.15) is 0 Å². The van der Waals surface area contributed by atoms with Crippen molar-refractivity contribution in [2.24, 2.45) is 0 Å². The predicted octanol–water partition coefficient (Wildman–Crippen LogP) is 6.80. The molecule has 1 saturated heterocycles. The number of hydrogen-bond acceptors (Lipinski definition) is 5. The first-order valence-corrected chi connectivity index (χ1v) is 12.3. The number of nitrogens with zero attached hydrogens (tertiary/aromatic N) is 3. The Hall–Kier alpha value is -3.88. The van der Waals surface area contributed by atoms with Crippen molar-refractivity contribution < 1.29 is 14.5 Å².